The molecule has 1 heterocycles. The zero-order valence-electron chi connectivity index (χ0n) is 11.3. The van der Waals surface area contributed by atoms with Crippen molar-refractivity contribution < 1.29 is 19.1 Å². The number of rotatable bonds is 4. The van der Waals surface area contributed by atoms with Gasteiger partial charge in [0.2, 0.25) is 0 Å². The Kier molecular flexibility index (Phi) is 4.27. The fourth-order valence-corrected chi connectivity index (χ4v) is 1.90. The number of halogens is 1. The zero-order valence-corrected chi connectivity index (χ0v) is 11.3. The van der Waals surface area contributed by atoms with Gasteiger partial charge >= 0.3 is 5.97 Å². The van der Waals surface area contributed by atoms with Crippen LogP contribution in [-0.4, -0.2) is 28.5 Å². The number of carboxylic acid groups (broad SMARTS) is 1. The van der Waals surface area contributed by atoms with E-state index in [1.807, 2.05) is 0 Å². The van der Waals surface area contributed by atoms with Crippen molar-refractivity contribution in [3.63, 3.8) is 0 Å². The molecule has 0 unspecified atom stereocenters. The Morgan fingerprint density at radius 2 is 1.90 bits per heavy atom. The lowest BCUT2D eigenvalue weighted by Gasteiger charge is -2.21. The van der Waals surface area contributed by atoms with E-state index in [1.54, 1.807) is 6.92 Å². The molecule has 0 bridgehead atoms. The third-order valence-electron chi connectivity index (χ3n) is 2.93. The van der Waals surface area contributed by atoms with Gasteiger partial charge < -0.3 is 10.0 Å². The number of benzene rings is 1. The van der Waals surface area contributed by atoms with Gasteiger partial charge in [0.15, 0.2) is 0 Å². The van der Waals surface area contributed by atoms with Crippen LogP contribution in [0, 0.1) is 5.82 Å². The van der Waals surface area contributed by atoms with Gasteiger partial charge in [0.25, 0.3) is 5.91 Å². The maximum absolute atomic E-state index is 12.9. The molecule has 0 spiro atoms. The second-order valence-corrected chi connectivity index (χ2v) is 4.26. The Morgan fingerprint density at radius 1 is 1.24 bits per heavy atom. The van der Waals surface area contributed by atoms with Gasteiger partial charge in [0.1, 0.15) is 11.5 Å². The van der Waals surface area contributed by atoms with Crippen LogP contribution < -0.4 is 4.90 Å². The van der Waals surface area contributed by atoms with Crippen molar-refractivity contribution in [2.45, 2.75) is 6.92 Å². The Labute approximate surface area is 120 Å². The quantitative estimate of drug-likeness (QED) is 0.938. The summed E-state index contributed by atoms with van der Waals surface area (Å²) in [7, 11) is 0. The van der Waals surface area contributed by atoms with Crippen molar-refractivity contribution in [2.24, 2.45) is 0 Å². The number of carbonyl (C=O) groups is 2. The van der Waals surface area contributed by atoms with Crippen LogP contribution >= 0.6 is 0 Å². The first-order chi connectivity index (χ1) is 10.0. The normalized spacial score (nSPS) is 10.2. The summed E-state index contributed by atoms with van der Waals surface area (Å²) in [5.41, 5.74) is 0.558. The first-order valence-corrected chi connectivity index (χ1v) is 6.29. The molecule has 1 N–H and O–H groups in total. The Hall–Kier alpha value is -2.76. The van der Waals surface area contributed by atoms with Gasteiger partial charge in [-0.1, -0.05) is 0 Å². The summed E-state index contributed by atoms with van der Waals surface area (Å²) < 4.78 is 12.9. The molecule has 108 valence electrons. The molecule has 6 heteroatoms. The van der Waals surface area contributed by atoms with Crippen molar-refractivity contribution in [3.05, 3.63) is 59.7 Å². The lowest BCUT2D eigenvalue weighted by atomic mass is 10.2. The average Bonchev–Trinajstić information content (AvgIpc) is 2.50. The van der Waals surface area contributed by atoms with Crippen LogP contribution in [0.15, 0.2) is 42.6 Å². The lowest BCUT2D eigenvalue weighted by molar-refractivity contribution is 0.0690. The Balaban J connectivity index is 2.34. The fourth-order valence-electron chi connectivity index (χ4n) is 1.90. The van der Waals surface area contributed by atoms with E-state index in [-0.39, 0.29) is 23.0 Å². The molecule has 0 atom stereocenters. The Bertz CT molecular complexity index is 671. The lowest BCUT2D eigenvalue weighted by Crippen LogP contribution is -2.30. The smallest absolute Gasteiger partial charge is 0.354 e. The monoisotopic (exact) mass is 288 g/mol. The molecule has 5 nitrogen and oxygen atoms in total. The molecule has 0 radical (unpaired) electrons. The van der Waals surface area contributed by atoms with Gasteiger partial charge in [-0.3, -0.25) is 4.79 Å². The minimum absolute atomic E-state index is 0.198. The maximum atomic E-state index is 12.9. The second-order valence-electron chi connectivity index (χ2n) is 4.26. The molecule has 1 aromatic heterocycles. The van der Waals surface area contributed by atoms with Gasteiger partial charge in [-0.05, 0) is 43.3 Å². The predicted octanol–water partition coefficient (Wildman–Crippen LogP) is 2.59. The van der Waals surface area contributed by atoms with Crippen LogP contribution in [0.4, 0.5) is 10.1 Å². The SMILES string of the molecule is CCN(C(=O)c1ccnc(C(=O)O)c1)c1ccc(F)cc1. The molecule has 0 aliphatic carbocycles. The van der Waals surface area contributed by atoms with E-state index < -0.39 is 5.97 Å². The molecule has 0 aliphatic heterocycles. The predicted molar refractivity (Wildman–Crippen MR) is 74.9 cm³/mol. The van der Waals surface area contributed by atoms with Crippen molar-refractivity contribution >= 4 is 17.6 Å². The molecule has 0 saturated heterocycles. The molecule has 1 aromatic carbocycles. The van der Waals surface area contributed by atoms with E-state index in [0.717, 1.165) is 0 Å². The van der Waals surface area contributed by atoms with Gasteiger partial charge in [-0.2, -0.15) is 0 Å². The van der Waals surface area contributed by atoms with Crippen LogP contribution in [0.2, 0.25) is 0 Å². The molecule has 0 aliphatic rings. The number of amides is 1. The summed E-state index contributed by atoms with van der Waals surface area (Å²) in [6.07, 6.45) is 1.27. The number of hydrogen-bond donors (Lipinski definition) is 1. The van der Waals surface area contributed by atoms with E-state index in [9.17, 15) is 14.0 Å². The highest BCUT2D eigenvalue weighted by Gasteiger charge is 2.18. The third kappa shape index (κ3) is 3.22. The summed E-state index contributed by atoms with van der Waals surface area (Å²) in [4.78, 5) is 28.4. The molecular weight excluding hydrogens is 275 g/mol. The molecular formula is C15H13FN2O3. The number of carboxylic acids is 1. The molecule has 2 rings (SSSR count). The largest absolute Gasteiger partial charge is 0.477 e. The molecule has 0 saturated carbocycles. The third-order valence-corrected chi connectivity index (χ3v) is 2.93. The summed E-state index contributed by atoms with van der Waals surface area (Å²) in [5.74, 6) is -1.96. The van der Waals surface area contributed by atoms with E-state index >= 15 is 0 Å². The van der Waals surface area contributed by atoms with E-state index in [2.05, 4.69) is 4.98 Å². The summed E-state index contributed by atoms with van der Waals surface area (Å²) >= 11 is 0. The average molecular weight is 288 g/mol. The molecule has 0 fully saturated rings. The Morgan fingerprint density at radius 3 is 2.48 bits per heavy atom. The molecule has 21 heavy (non-hydrogen) atoms. The molecule has 2 aromatic rings. The van der Waals surface area contributed by atoms with Crippen molar-refractivity contribution in [3.8, 4) is 0 Å². The van der Waals surface area contributed by atoms with Gasteiger partial charge in [-0.25, -0.2) is 14.2 Å². The van der Waals surface area contributed by atoms with Crippen molar-refractivity contribution in [1.82, 2.24) is 4.98 Å². The van der Waals surface area contributed by atoms with E-state index in [0.29, 0.717) is 12.2 Å². The number of aromatic carboxylic acids is 1. The van der Waals surface area contributed by atoms with E-state index in [1.165, 1.54) is 47.5 Å². The minimum atomic E-state index is -1.20. The number of hydrogen-bond acceptors (Lipinski definition) is 3. The first-order valence-electron chi connectivity index (χ1n) is 6.29. The second kappa shape index (κ2) is 6.13. The number of carbonyl (C=O) groups excluding carboxylic acids is 1. The highest BCUT2D eigenvalue weighted by atomic mass is 19.1. The number of anilines is 1. The summed E-state index contributed by atoms with van der Waals surface area (Å²) in [6.45, 7) is 2.15. The van der Waals surface area contributed by atoms with Gasteiger partial charge in [0, 0.05) is 24.0 Å². The number of pyridine rings is 1. The number of aromatic nitrogens is 1. The van der Waals surface area contributed by atoms with Gasteiger partial charge in [-0.15, -0.1) is 0 Å². The van der Waals surface area contributed by atoms with Crippen LogP contribution in [-0.2, 0) is 0 Å². The summed E-state index contributed by atoms with van der Waals surface area (Å²) in [6, 6.07) is 8.19. The highest BCUT2D eigenvalue weighted by Crippen LogP contribution is 2.18. The maximum Gasteiger partial charge on any atom is 0.354 e. The standard InChI is InChI=1S/C15H13FN2O3/c1-2-18(12-5-3-11(16)4-6-12)14(19)10-7-8-17-13(9-10)15(20)21/h3-9H,2H2,1H3,(H,20,21). The van der Waals surface area contributed by atoms with E-state index in [4.69, 9.17) is 5.11 Å². The highest BCUT2D eigenvalue weighted by molar-refractivity contribution is 6.06. The molecule has 1 amide bonds. The first kappa shape index (κ1) is 14.6. The topological polar surface area (TPSA) is 70.5 Å². The fraction of sp³-hybridized carbons (Fsp3) is 0.133. The minimum Gasteiger partial charge on any atom is -0.477 e. The zero-order chi connectivity index (χ0) is 15.4. The van der Waals surface area contributed by atoms with Crippen LogP contribution in [0.25, 0.3) is 0 Å². The van der Waals surface area contributed by atoms with Gasteiger partial charge in [0.05, 0.1) is 0 Å². The van der Waals surface area contributed by atoms with Crippen LogP contribution in [0.3, 0.4) is 0 Å². The summed E-state index contributed by atoms with van der Waals surface area (Å²) in [5, 5.41) is 8.91. The van der Waals surface area contributed by atoms with Crippen molar-refractivity contribution in [1.29, 1.82) is 0 Å². The van der Waals surface area contributed by atoms with Crippen LogP contribution in [0.1, 0.15) is 27.8 Å². The van der Waals surface area contributed by atoms with Crippen LogP contribution in [0.5, 0.6) is 0 Å². The van der Waals surface area contributed by atoms with Crippen molar-refractivity contribution in [2.75, 3.05) is 11.4 Å². The number of nitrogens with zero attached hydrogens (tertiary/aromatic N) is 2.